The highest BCUT2D eigenvalue weighted by atomic mass is 35.5. The highest BCUT2D eigenvalue weighted by molar-refractivity contribution is 7.13. The van der Waals surface area contributed by atoms with Crippen molar-refractivity contribution in [2.24, 2.45) is 0 Å². The Kier molecular flexibility index (Phi) is 7.02. The number of morpholine rings is 1. The number of halogens is 2. The molecule has 30 heavy (non-hydrogen) atoms. The largest absolute Gasteiger partial charge is 0.379 e. The molecule has 0 aliphatic carbocycles. The number of nitrogens with zero attached hydrogens (tertiary/aromatic N) is 2. The Bertz CT molecular complexity index is 1030. The lowest BCUT2D eigenvalue weighted by Gasteiger charge is -2.26. The number of amides is 1. The van der Waals surface area contributed by atoms with E-state index in [4.69, 9.17) is 27.9 Å². The van der Waals surface area contributed by atoms with Gasteiger partial charge in [0.15, 0.2) is 0 Å². The van der Waals surface area contributed by atoms with Crippen molar-refractivity contribution < 1.29 is 9.53 Å². The highest BCUT2D eigenvalue weighted by Gasteiger charge is 2.14. The van der Waals surface area contributed by atoms with Gasteiger partial charge in [-0.3, -0.25) is 9.69 Å². The van der Waals surface area contributed by atoms with Crippen LogP contribution < -0.4 is 5.32 Å². The maximum Gasteiger partial charge on any atom is 0.230 e. The Balaban J connectivity index is 1.40. The van der Waals surface area contributed by atoms with Crippen molar-refractivity contribution in [3.8, 4) is 10.6 Å². The van der Waals surface area contributed by atoms with Crippen LogP contribution in [0, 0.1) is 0 Å². The van der Waals surface area contributed by atoms with Gasteiger partial charge < -0.3 is 10.1 Å². The Morgan fingerprint density at radius 2 is 1.97 bits per heavy atom. The predicted octanol–water partition coefficient (Wildman–Crippen LogP) is 5.13. The van der Waals surface area contributed by atoms with Crippen molar-refractivity contribution in [2.45, 2.75) is 13.0 Å². The van der Waals surface area contributed by atoms with E-state index in [0.29, 0.717) is 15.7 Å². The van der Waals surface area contributed by atoms with Gasteiger partial charge in [-0.05, 0) is 23.8 Å². The van der Waals surface area contributed by atoms with E-state index in [1.54, 1.807) is 18.2 Å². The van der Waals surface area contributed by atoms with Crippen LogP contribution in [0.2, 0.25) is 10.0 Å². The first-order valence-electron chi connectivity index (χ1n) is 9.66. The second-order valence-electron chi connectivity index (χ2n) is 7.06. The lowest BCUT2D eigenvalue weighted by molar-refractivity contribution is -0.115. The minimum absolute atomic E-state index is 0.173. The number of anilines is 1. The number of benzene rings is 2. The zero-order valence-electron chi connectivity index (χ0n) is 16.2. The van der Waals surface area contributed by atoms with Crippen molar-refractivity contribution in [1.82, 2.24) is 9.88 Å². The van der Waals surface area contributed by atoms with Crippen LogP contribution in [0.1, 0.15) is 11.3 Å². The Hall–Kier alpha value is -1.96. The van der Waals surface area contributed by atoms with Gasteiger partial charge in [0.1, 0.15) is 5.01 Å². The minimum atomic E-state index is -0.183. The summed E-state index contributed by atoms with van der Waals surface area (Å²) in [4.78, 5) is 19.4. The van der Waals surface area contributed by atoms with Crippen molar-refractivity contribution in [3.05, 3.63) is 69.1 Å². The van der Waals surface area contributed by atoms with E-state index in [9.17, 15) is 4.79 Å². The molecule has 0 radical (unpaired) electrons. The third kappa shape index (κ3) is 5.39. The average Bonchev–Trinajstić information content (AvgIpc) is 3.21. The molecular weight excluding hydrogens is 441 g/mol. The molecule has 1 N–H and O–H groups in total. The second-order valence-corrected chi connectivity index (χ2v) is 8.70. The van der Waals surface area contributed by atoms with Gasteiger partial charge in [0.25, 0.3) is 0 Å². The van der Waals surface area contributed by atoms with Crippen molar-refractivity contribution in [2.75, 3.05) is 31.6 Å². The first-order chi connectivity index (χ1) is 14.6. The normalized spacial score (nSPS) is 14.6. The van der Waals surface area contributed by atoms with E-state index < -0.39 is 0 Å². The van der Waals surface area contributed by atoms with Crippen LogP contribution in [-0.2, 0) is 22.5 Å². The van der Waals surface area contributed by atoms with E-state index in [-0.39, 0.29) is 12.3 Å². The molecule has 0 unspecified atom stereocenters. The van der Waals surface area contributed by atoms with Crippen molar-refractivity contribution in [3.63, 3.8) is 0 Å². The highest BCUT2D eigenvalue weighted by Crippen LogP contribution is 2.30. The number of nitrogens with one attached hydrogen (secondary N) is 1. The third-order valence-corrected chi connectivity index (χ3v) is 6.56. The van der Waals surface area contributed by atoms with E-state index in [1.165, 1.54) is 16.9 Å². The fourth-order valence-corrected chi connectivity index (χ4v) is 4.46. The van der Waals surface area contributed by atoms with Crippen LogP contribution >= 0.6 is 34.5 Å². The van der Waals surface area contributed by atoms with E-state index in [2.05, 4.69) is 39.5 Å². The first-order valence-corrected chi connectivity index (χ1v) is 11.3. The molecule has 1 aromatic heterocycles. The van der Waals surface area contributed by atoms with Crippen LogP contribution in [0.15, 0.2) is 47.8 Å². The molecule has 8 heteroatoms. The lowest BCUT2D eigenvalue weighted by atomic mass is 10.1. The maximum absolute atomic E-state index is 12.4. The Morgan fingerprint density at radius 3 is 2.80 bits per heavy atom. The minimum Gasteiger partial charge on any atom is -0.379 e. The Morgan fingerprint density at radius 1 is 1.17 bits per heavy atom. The van der Waals surface area contributed by atoms with Gasteiger partial charge in [-0.1, -0.05) is 47.5 Å². The molecule has 3 aromatic rings. The summed E-state index contributed by atoms with van der Waals surface area (Å²) >= 11 is 13.7. The van der Waals surface area contributed by atoms with Crippen LogP contribution in [-0.4, -0.2) is 42.1 Å². The monoisotopic (exact) mass is 461 g/mol. The molecule has 1 fully saturated rings. The van der Waals surface area contributed by atoms with Crippen LogP contribution in [0.4, 0.5) is 5.69 Å². The maximum atomic E-state index is 12.4. The molecule has 2 aromatic carbocycles. The number of hydrogen-bond donors (Lipinski definition) is 1. The molecule has 156 valence electrons. The molecule has 0 bridgehead atoms. The summed E-state index contributed by atoms with van der Waals surface area (Å²) in [5, 5.41) is 6.36. The van der Waals surface area contributed by atoms with Gasteiger partial charge >= 0.3 is 0 Å². The summed E-state index contributed by atoms with van der Waals surface area (Å²) < 4.78 is 5.42. The number of hydrogen-bond acceptors (Lipinski definition) is 5. The zero-order chi connectivity index (χ0) is 20.9. The summed E-state index contributed by atoms with van der Waals surface area (Å²) in [7, 11) is 0. The summed E-state index contributed by atoms with van der Waals surface area (Å²) in [6, 6.07) is 13.6. The quantitative estimate of drug-likeness (QED) is 0.552. The lowest BCUT2D eigenvalue weighted by Crippen LogP contribution is -2.35. The predicted molar refractivity (Wildman–Crippen MR) is 122 cm³/mol. The number of rotatable bonds is 6. The summed E-state index contributed by atoms with van der Waals surface area (Å²) in [6.07, 6.45) is 0.173. The molecule has 0 atom stereocenters. The summed E-state index contributed by atoms with van der Waals surface area (Å²) in [5.74, 6) is -0.183. The summed E-state index contributed by atoms with van der Waals surface area (Å²) in [5.41, 5.74) is 3.54. The van der Waals surface area contributed by atoms with Gasteiger partial charge in [-0.2, -0.15) is 0 Å². The smallest absolute Gasteiger partial charge is 0.230 e. The fourth-order valence-electron chi connectivity index (χ4n) is 3.30. The van der Waals surface area contributed by atoms with E-state index >= 15 is 0 Å². The van der Waals surface area contributed by atoms with Crippen LogP contribution in [0.3, 0.4) is 0 Å². The van der Waals surface area contributed by atoms with Gasteiger partial charge in [0.2, 0.25) is 5.91 Å². The Labute approximate surface area is 189 Å². The number of carbonyl (C=O) groups excluding carboxylic acids is 1. The van der Waals surface area contributed by atoms with Crippen molar-refractivity contribution >= 4 is 46.1 Å². The molecule has 1 amide bonds. The molecule has 1 saturated heterocycles. The summed E-state index contributed by atoms with van der Waals surface area (Å²) in [6.45, 7) is 4.39. The standard InChI is InChI=1S/C22H21Cl2N3O2S/c23-18-5-2-6-19(21(18)24)26-20(28)12-17-14-30-22(25-17)16-4-1-3-15(11-16)13-27-7-9-29-10-8-27/h1-6,11,14H,7-10,12-13H2,(H,26,28). The van der Waals surface area contributed by atoms with Gasteiger partial charge in [0, 0.05) is 30.6 Å². The first kappa shape index (κ1) is 21.3. The zero-order valence-corrected chi connectivity index (χ0v) is 18.6. The van der Waals surface area contributed by atoms with E-state index in [1.807, 2.05) is 5.38 Å². The number of ether oxygens (including phenoxy) is 1. The number of aromatic nitrogens is 1. The molecular formula is C22H21Cl2N3O2S. The van der Waals surface area contributed by atoms with Gasteiger partial charge in [-0.15, -0.1) is 11.3 Å². The molecule has 2 heterocycles. The fraction of sp³-hybridized carbons (Fsp3) is 0.273. The number of carbonyl (C=O) groups is 1. The molecule has 5 nitrogen and oxygen atoms in total. The third-order valence-electron chi connectivity index (χ3n) is 4.80. The van der Waals surface area contributed by atoms with Crippen LogP contribution in [0.5, 0.6) is 0 Å². The molecule has 1 aliphatic heterocycles. The molecule has 1 aliphatic rings. The van der Waals surface area contributed by atoms with E-state index in [0.717, 1.165) is 49.1 Å². The average molecular weight is 462 g/mol. The van der Waals surface area contributed by atoms with Gasteiger partial charge in [0.05, 0.1) is 41.1 Å². The van der Waals surface area contributed by atoms with Crippen molar-refractivity contribution in [1.29, 1.82) is 0 Å². The molecule has 0 saturated carbocycles. The second kappa shape index (κ2) is 9.90. The topological polar surface area (TPSA) is 54.5 Å². The SMILES string of the molecule is O=C(Cc1csc(-c2cccc(CN3CCOCC3)c2)n1)Nc1cccc(Cl)c1Cl. The van der Waals surface area contributed by atoms with Crippen LogP contribution in [0.25, 0.3) is 10.6 Å². The molecule has 4 rings (SSSR count). The number of thiazole rings is 1. The van der Waals surface area contributed by atoms with Gasteiger partial charge in [-0.25, -0.2) is 4.98 Å². The molecule has 0 spiro atoms.